The highest BCUT2D eigenvalue weighted by atomic mass is 15.1. The predicted molar refractivity (Wildman–Crippen MR) is 296 cm³/mol. The van der Waals surface area contributed by atoms with Crippen LogP contribution in [0, 0.1) is 0 Å². The van der Waals surface area contributed by atoms with Gasteiger partial charge in [-0.05, 0) is 65.4 Å². The summed E-state index contributed by atoms with van der Waals surface area (Å²) in [6.45, 7) is 0. The van der Waals surface area contributed by atoms with Crippen molar-refractivity contribution >= 4 is 54.4 Å². The molecule has 340 valence electrons. The van der Waals surface area contributed by atoms with Crippen molar-refractivity contribution in [2.24, 2.45) is 0 Å². The summed E-state index contributed by atoms with van der Waals surface area (Å²) in [4.78, 5) is 37.2. The molecule has 0 aliphatic carbocycles. The van der Waals surface area contributed by atoms with E-state index in [4.69, 9.17) is 34.9 Å². The highest BCUT2D eigenvalue weighted by molar-refractivity contribution is 6.24. The van der Waals surface area contributed by atoms with E-state index in [2.05, 4.69) is 187 Å². The Morgan fingerprint density at radius 1 is 0.288 bits per heavy atom. The lowest BCUT2D eigenvalue weighted by Gasteiger charge is -2.15. The molecule has 0 amide bonds. The Hall–Kier alpha value is -10.1. The van der Waals surface area contributed by atoms with Gasteiger partial charge in [0.15, 0.2) is 11.6 Å². The summed E-state index contributed by atoms with van der Waals surface area (Å²) in [7, 11) is 0. The number of pyridine rings is 2. The quantitative estimate of drug-likeness (QED) is 0.140. The number of nitrogens with zero attached hydrogens (tertiary/aromatic N) is 8. The van der Waals surface area contributed by atoms with Gasteiger partial charge in [0.05, 0.1) is 44.8 Å². The number of hydrogen-bond acceptors (Lipinski definition) is 7. The van der Waals surface area contributed by atoms with Crippen LogP contribution in [0.1, 0.15) is 0 Å². The van der Waals surface area contributed by atoms with E-state index in [-0.39, 0.29) is 0 Å². The van der Waals surface area contributed by atoms with Crippen LogP contribution < -0.4 is 0 Å². The van der Waals surface area contributed by atoms with Crippen LogP contribution in [-0.2, 0) is 0 Å². The molecule has 73 heavy (non-hydrogen) atoms. The lowest BCUT2D eigenvalue weighted by atomic mass is 10.00. The maximum Gasteiger partial charge on any atom is 0.160 e. The van der Waals surface area contributed by atoms with Gasteiger partial charge >= 0.3 is 0 Å². The summed E-state index contributed by atoms with van der Waals surface area (Å²) in [5.74, 6) is 1.81. The van der Waals surface area contributed by atoms with Crippen molar-refractivity contribution in [2.75, 3.05) is 0 Å². The van der Waals surface area contributed by atoms with Gasteiger partial charge in [-0.1, -0.05) is 176 Å². The molecule has 14 rings (SSSR count). The number of imidazole rings is 1. The van der Waals surface area contributed by atoms with E-state index in [0.717, 1.165) is 128 Å². The molecule has 8 nitrogen and oxygen atoms in total. The third kappa shape index (κ3) is 7.36. The molecule has 0 spiro atoms. The van der Waals surface area contributed by atoms with Crippen molar-refractivity contribution in [3.8, 4) is 84.9 Å². The number of para-hydroxylation sites is 3. The number of benzene rings is 9. The van der Waals surface area contributed by atoms with E-state index in [1.54, 1.807) is 0 Å². The first-order chi connectivity index (χ1) is 36.2. The molecular weight excluding hydrogens is 893 g/mol. The zero-order valence-electron chi connectivity index (χ0n) is 39.2. The number of aromatic nitrogens is 8. The monoisotopic (exact) mass is 932 g/mol. The molecule has 0 radical (unpaired) electrons. The van der Waals surface area contributed by atoms with Crippen LogP contribution in [0.4, 0.5) is 0 Å². The summed E-state index contributed by atoms with van der Waals surface area (Å²) in [6, 6.07) is 79.4. The maximum absolute atomic E-state index is 5.70. The van der Waals surface area contributed by atoms with Crippen molar-refractivity contribution in [2.45, 2.75) is 0 Å². The maximum atomic E-state index is 5.70. The summed E-state index contributed by atoms with van der Waals surface area (Å²) < 4.78 is 2.30. The van der Waals surface area contributed by atoms with E-state index in [1.807, 2.05) is 60.9 Å². The highest BCUT2D eigenvalue weighted by Crippen LogP contribution is 2.42. The molecule has 14 aromatic rings. The van der Waals surface area contributed by atoms with E-state index >= 15 is 0 Å². The Balaban J connectivity index is 1.09. The zero-order valence-corrected chi connectivity index (χ0v) is 39.2. The Morgan fingerprint density at radius 3 is 1.27 bits per heavy atom. The summed E-state index contributed by atoms with van der Waals surface area (Å²) in [6.07, 6.45) is 3.67. The second-order valence-corrected chi connectivity index (χ2v) is 18.1. The normalized spacial score (nSPS) is 11.6. The zero-order chi connectivity index (χ0) is 48.2. The van der Waals surface area contributed by atoms with Gasteiger partial charge in [-0.3, -0.25) is 14.5 Å². The molecule has 0 N–H and O–H groups in total. The van der Waals surface area contributed by atoms with Gasteiger partial charge in [0.25, 0.3) is 0 Å². The number of hydrogen-bond donors (Lipinski definition) is 0. The van der Waals surface area contributed by atoms with E-state index in [1.165, 1.54) is 0 Å². The molecule has 5 aromatic heterocycles. The average Bonchev–Trinajstić information content (AvgIpc) is 3.89. The minimum Gasteiger partial charge on any atom is -0.292 e. The van der Waals surface area contributed by atoms with E-state index in [0.29, 0.717) is 11.6 Å². The first-order valence-electron chi connectivity index (χ1n) is 24.3. The van der Waals surface area contributed by atoms with Gasteiger partial charge < -0.3 is 0 Å². The van der Waals surface area contributed by atoms with Crippen LogP contribution in [-0.4, -0.2) is 39.5 Å². The molecule has 0 aliphatic rings. The Morgan fingerprint density at radius 2 is 0.726 bits per heavy atom. The third-order valence-electron chi connectivity index (χ3n) is 13.7. The molecule has 0 aliphatic heterocycles. The number of rotatable bonds is 8. The average molecular weight is 933 g/mol. The van der Waals surface area contributed by atoms with Crippen molar-refractivity contribution < 1.29 is 0 Å². The molecule has 9 aromatic carbocycles. The molecule has 0 fully saturated rings. The largest absolute Gasteiger partial charge is 0.292 e. The second kappa shape index (κ2) is 17.4. The van der Waals surface area contributed by atoms with Crippen LogP contribution in [0.2, 0.25) is 0 Å². The molecule has 0 unspecified atom stereocenters. The topological polar surface area (TPSA) is 95.2 Å². The van der Waals surface area contributed by atoms with Crippen LogP contribution in [0.25, 0.3) is 139 Å². The fourth-order valence-corrected chi connectivity index (χ4v) is 10.3. The van der Waals surface area contributed by atoms with Gasteiger partial charge in [-0.2, -0.15) is 0 Å². The Labute approximate surface area is 419 Å². The molecule has 8 heteroatoms. The van der Waals surface area contributed by atoms with Gasteiger partial charge in [0.2, 0.25) is 0 Å². The summed E-state index contributed by atoms with van der Waals surface area (Å²) in [5.41, 5.74) is 13.8. The lowest BCUT2D eigenvalue weighted by Crippen LogP contribution is -2.01. The van der Waals surface area contributed by atoms with Crippen molar-refractivity contribution in [1.82, 2.24) is 39.5 Å². The molecular formula is C65H40N8. The fourth-order valence-electron chi connectivity index (χ4n) is 10.3. The molecule has 5 heterocycles. The smallest absolute Gasteiger partial charge is 0.160 e. The molecule has 0 saturated heterocycles. The van der Waals surface area contributed by atoms with Crippen molar-refractivity contribution in [1.29, 1.82) is 0 Å². The fraction of sp³-hybridized carbons (Fsp3) is 0. The molecule has 0 atom stereocenters. The van der Waals surface area contributed by atoms with Crippen LogP contribution in [0.5, 0.6) is 0 Å². The predicted octanol–water partition coefficient (Wildman–Crippen LogP) is 15.7. The lowest BCUT2D eigenvalue weighted by molar-refractivity contribution is 1.10. The highest BCUT2D eigenvalue weighted by Gasteiger charge is 2.24. The molecule has 0 saturated carbocycles. The van der Waals surface area contributed by atoms with Gasteiger partial charge in [0.1, 0.15) is 5.82 Å². The van der Waals surface area contributed by atoms with Gasteiger partial charge in [-0.15, -0.1) is 0 Å². The summed E-state index contributed by atoms with van der Waals surface area (Å²) >= 11 is 0. The molecule has 0 bridgehead atoms. The minimum absolute atomic E-state index is 0.531. The van der Waals surface area contributed by atoms with Crippen molar-refractivity contribution in [3.63, 3.8) is 0 Å². The standard InChI is InChI=1S/C65H40N8/c1-4-18-41(19-5-1)55-39-57(53-32-14-22-43-24-16-34-66-59(43)53)70-63(68-55)45-36-46(64-69-56(42-20-6-2-7-21-42)40-58(71-64)54-33-15-23-44-25-17-35-67-60(44)54)38-47(37-45)65-72-61-51-30-12-10-28-49(51)50-29-11-13-31-52(50)62(61)73(65)48-26-8-3-9-27-48/h1-40H. The summed E-state index contributed by atoms with van der Waals surface area (Å²) in [5, 5.41) is 6.54. The van der Waals surface area contributed by atoms with Gasteiger partial charge in [-0.25, -0.2) is 24.9 Å². The van der Waals surface area contributed by atoms with E-state index in [9.17, 15) is 0 Å². The Bertz CT molecular complexity index is 4240. The first kappa shape index (κ1) is 41.9. The van der Waals surface area contributed by atoms with Gasteiger partial charge in [0, 0.05) is 78.6 Å². The van der Waals surface area contributed by atoms with E-state index < -0.39 is 0 Å². The van der Waals surface area contributed by atoms with Crippen LogP contribution in [0.3, 0.4) is 0 Å². The first-order valence-corrected chi connectivity index (χ1v) is 24.3. The second-order valence-electron chi connectivity index (χ2n) is 18.1. The van der Waals surface area contributed by atoms with Crippen LogP contribution >= 0.6 is 0 Å². The third-order valence-corrected chi connectivity index (χ3v) is 13.7. The van der Waals surface area contributed by atoms with Crippen LogP contribution in [0.15, 0.2) is 243 Å². The minimum atomic E-state index is 0.531. The Kier molecular flexibility index (Phi) is 9.99. The number of fused-ring (bicyclic) bond motifs is 8. The SMILES string of the molecule is c1ccc(-c2cc(-c3cccc4cccnc34)nc(-c3cc(-c4nc(-c5ccccc5)cc(-c5cccc6cccnc56)n4)cc(-c4nc5c6ccccc6c6ccccc6c5n4-c4ccccc4)c3)n2)cc1. The van der Waals surface area contributed by atoms with Crippen molar-refractivity contribution in [3.05, 3.63) is 243 Å².